The number of nitrogens with zero attached hydrogens (tertiary/aromatic N) is 8. The van der Waals surface area contributed by atoms with E-state index in [0.717, 1.165) is 11.7 Å². The minimum atomic E-state index is -1.21. The number of amidine groups is 2. The number of nitro benzene ring substituents is 6. The van der Waals surface area contributed by atoms with E-state index in [9.17, 15) is 60.7 Å². The van der Waals surface area contributed by atoms with Crippen LogP contribution in [0.2, 0.25) is 0 Å². The van der Waals surface area contributed by atoms with Crippen LogP contribution in [0.4, 0.5) is 34.1 Å². The smallest absolute Gasteiger partial charge is 0.324 e. The van der Waals surface area contributed by atoms with Crippen LogP contribution in [0.5, 0.6) is 11.5 Å². The lowest BCUT2D eigenvalue weighted by atomic mass is 9.95. The largest absolute Gasteiger partial charge is 0.497 e. The molecule has 24 heteroatoms. The van der Waals surface area contributed by atoms with Gasteiger partial charge >= 0.3 is 22.7 Å². The third-order valence-electron chi connectivity index (χ3n) is 10.1. The molecule has 2 aliphatic heterocycles. The summed E-state index contributed by atoms with van der Waals surface area (Å²) in [5, 5.41) is 87.9. The summed E-state index contributed by atoms with van der Waals surface area (Å²) in [5.41, 5.74) is -1.09. The highest BCUT2D eigenvalue weighted by atomic mass is 16.7. The maximum Gasteiger partial charge on any atom is 0.324 e. The molecular weight excluding hydrogens is 881 g/mol. The van der Waals surface area contributed by atoms with Crippen molar-refractivity contribution in [2.75, 3.05) is 0 Å². The van der Waals surface area contributed by atoms with Crippen LogP contribution in [0.15, 0.2) is 156 Å². The molecule has 0 spiro atoms. The van der Waals surface area contributed by atoms with Gasteiger partial charge in [-0.05, 0) is 22.3 Å². The first-order valence-corrected chi connectivity index (χ1v) is 19.5. The number of phenols is 2. The molecule has 67 heavy (non-hydrogen) atoms. The molecule has 8 rings (SSSR count). The Bertz CT molecular complexity index is 2640. The molecule has 0 aromatic heterocycles. The molecule has 340 valence electrons. The zero-order valence-electron chi connectivity index (χ0n) is 34.2. The first-order valence-electron chi connectivity index (χ1n) is 19.5. The average molecular weight is 915 g/mol. The number of nitro groups is 6. The van der Waals surface area contributed by atoms with Crippen molar-refractivity contribution in [2.45, 2.75) is 30.6 Å². The minimum Gasteiger partial charge on any atom is -0.497 e. The number of non-ortho nitro benzene ring substituents is 2. The molecule has 4 atom stereocenters. The average Bonchev–Trinajstić information content (AvgIpc) is 3.95. The molecule has 0 fully saturated rings. The zero-order valence-corrected chi connectivity index (χ0v) is 34.2. The Kier molecular flexibility index (Phi) is 14.4. The van der Waals surface area contributed by atoms with Gasteiger partial charge in [-0.1, -0.05) is 121 Å². The highest BCUT2D eigenvalue weighted by Crippen LogP contribution is 2.41. The predicted octanol–water partition coefficient (Wildman–Crippen LogP) is 8.58. The fraction of sp³-hybridized carbons (Fsp3) is 0.116. The van der Waals surface area contributed by atoms with E-state index >= 15 is 0 Å². The van der Waals surface area contributed by atoms with Crippen LogP contribution in [0.3, 0.4) is 0 Å². The summed E-state index contributed by atoms with van der Waals surface area (Å²) in [7, 11) is 0. The summed E-state index contributed by atoms with van der Waals surface area (Å²) >= 11 is 0. The summed E-state index contributed by atoms with van der Waals surface area (Å²) in [4.78, 5) is 65.9. The number of nitrogens with one attached hydrogen (secondary N) is 2. The van der Waals surface area contributed by atoms with Crippen LogP contribution in [0.1, 0.15) is 52.8 Å². The number of benzene rings is 6. The maximum atomic E-state index is 10.4. The summed E-state index contributed by atoms with van der Waals surface area (Å²) in [6.45, 7) is 0. The van der Waals surface area contributed by atoms with E-state index in [-0.39, 0.29) is 24.2 Å². The van der Waals surface area contributed by atoms with E-state index in [1.165, 1.54) is 22.3 Å². The van der Waals surface area contributed by atoms with Gasteiger partial charge in [0.15, 0.2) is 0 Å². The van der Waals surface area contributed by atoms with Crippen molar-refractivity contribution in [1.29, 1.82) is 0 Å². The monoisotopic (exact) mass is 914 g/mol. The lowest BCUT2D eigenvalue weighted by molar-refractivity contribution is -0.404. The van der Waals surface area contributed by atoms with Crippen molar-refractivity contribution in [3.05, 3.63) is 229 Å². The van der Waals surface area contributed by atoms with Gasteiger partial charge in [0.25, 0.3) is 22.9 Å². The molecule has 0 unspecified atom stereocenters. The number of hydrogen-bond acceptors (Lipinski definition) is 18. The van der Waals surface area contributed by atoms with Gasteiger partial charge in [0.05, 0.1) is 72.3 Å². The molecule has 0 amide bonds. The highest BCUT2D eigenvalue weighted by Gasteiger charge is 2.36. The van der Waals surface area contributed by atoms with Crippen molar-refractivity contribution in [2.24, 2.45) is 9.98 Å². The fourth-order valence-corrected chi connectivity index (χ4v) is 7.06. The summed E-state index contributed by atoms with van der Waals surface area (Å²) < 4.78 is 0. The van der Waals surface area contributed by atoms with Gasteiger partial charge < -0.3 is 20.8 Å². The number of aliphatic imine (C=N–C) groups is 2. The molecule has 4 N–H and O–H groups in total. The Morgan fingerprint density at radius 1 is 0.403 bits per heavy atom. The molecule has 24 nitrogen and oxygen atoms in total. The normalized spacial score (nSPS) is 16.8. The minimum absolute atomic E-state index is 0.0328. The van der Waals surface area contributed by atoms with Crippen LogP contribution in [-0.4, -0.2) is 51.4 Å². The van der Waals surface area contributed by atoms with Crippen LogP contribution in [0.25, 0.3) is 0 Å². The fourth-order valence-electron chi connectivity index (χ4n) is 7.06. The quantitative estimate of drug-likeness (QED) is 0.0659. The number of rotatable bonds is 12. The molecule has 0 bridgehead atoms. The molecule has 0 saturated carbocycles. The SMILES string of the molecule is O=[N+]([O-])c1cc([N+](=O)[O-])c(O)c([N+](=O)[O-])c1.O=[N+]([O-])c1cc([N+](=O)[O-])c(O)c([N+](=O)[O-])c1.c1ccc([C@H]2N=C(CC3=N[C@H](c4ccccc4)[C@@H](c4ccccc4)N3)N[C@@H]2c2ccccc2)cc1. The molecule has 0 saturated heterocycles. The molecule has 2 heterocycles. The van der Waals surface area contributed by atoms with Crippen LogP contribution in [0, 0.1) is 60.7 Å². The van der Waals surface area contributed by atoms with Crippen molar-refractivity contribution in [1.82, 2.24) is 10.6 Å². The van der Waals surface area contributed by atoms with Gasteiger partial charge in [0.1, 0.15) is 23.8 Å². The highest BCUT2D eigenvalue weighted by molar-refractivity contribution is 6.04. The lowest BCUT2D eigenvalue weighted by Crippen LogP contribution is -2.31. The van der Waals surface area contributed by atoms with Gasteiger partial charge in [-0.2, -0.15) is 0 Å². The topological polar surface area (TPSA) is 348 Å². The van der Waals surface area contributed by atoms with Crippen molar-refractivity contribution in [3.63, 3.8) is 0 Å². The number of phenolic OH excluding ortho intramolecular Hbond substituents is 2. The van der Waals surface area contributed by atoms with E-state index in [2.05, 4.69) is 132 Å². The van der Waals surface area contributed by atoms with Gasteiger partial charge in [0, 0.05) is 0 Å². The van der Waals surface area contributed by atoms with Gasteiger partial charge in [-0.3, -0.25) is 70.7 Å². The van der Waals surface area contributed by atoms with Gasteiger partial charge in [-0.25, -0.2) is 0 Å². The van der Waals surface area contributed by atoms with Crippen LogP contribution >= 0.6 is 0 Å². The molecule has 6 aromatic rings. The lowest BCUT2D eigenvalue weighted by Gasteiger charge is -2.20. The van der Waals surface area contributed by atoms with E-state index < -0.39 is 75.2 Å². The standard InChI is InChI=1S/C31H28N4.2C6H3N3O7/c1-5-13-22(14-6-1)28-29(23-15-7-2-8-16-23)33-26(32-28)21-27-34-30(24-17-9-3-10-18-24)31(35-27)25-19-11-4-12-20-25;2*10-6-4(8(13)14)1-3(7(11)12)2-5(6)9(15)16/h1-20,28-31H,21H2,(H,32,33)(H,34,35);2*1-2,10H/t28-,29-,30-,31-;;/m1../s1. The first-order chi connectivity index (χ1) is 32.0. The van der Waals surface area contributed by atoms with Gasteiger partial charge in [-0.15, -0.1) is 0 Å². The van der Waals surface area contributed by atoms with E-state index in [1.807, 2.05) is 0 Å². The second-order valence-corrected chi connectivity index (χ2v) is 14.3. The van der Waals surface area contributed by atoms with Gasteiger partial charge in [0.2, 0.25) is 0 Å². The Labute approximate surface area is 376 Å². The second-order valence-electron chi connectivity index (χ2n) is 14.3. The Hall–Kier alpha value is -9.74. The predicted molar refractivity (Wildman–Crippen MR) is 239 cm³/mol. The summed E-state index contributed by atoms with van der Waals surface area (Å²) in [6.07, 6.45) is 0.652. The Balaban J connectivity index is 0.000000193. The molecule has 0 aliphatic carbocycles. The van der Waals surface area contributed by atoms with Crippen molar-refractivity contribution < 1.29 is 39.8 Å². The summed E-state index contributed by atoms with van der Waals surface area (Å²) in [5.74, 6) is -0.472. The van der Waals surface area contributed by atoms with E-state index in [4.69, 9.17) is 20.2 Å². The van der Waals surface area contributed by atoms with E-state index in [1.54, 1.807) is 0 Å². The molecule has 2 aliphatic rings. The zero-order chi connectivity index (χ0) is 48.4. The third-order valence-corrected chi connectivity index (χ3v) is 10.1. The number of aromatic hydroxyl groups is 2. The van der Waals surface area contributed by atoms with Crippen LogP contribution < -0.4 is 10.6 Å². The second kappa shape index (κ2) is 20.6. The Morgan fingerprint density at radius 2 is 0.657 bits per heavy atom. The third kappa shape index (κ3) is 11.1. The first kappa shape index (κ1) is 46.8. The molecular formula is C43H34N10O14. The maximum absolute atomic E-state index is 10.4. The van der Waals surface area contributed by atoms with Crippen LogP contribution in [-0.2, 0) is 0 Å². The van der Waals surface area contributed by atoms with E-state index in [0.29, 0.717) is 30.7 Å². The molecule has 6 aromatic carbocycles. The summed E-state index contributed by atoms with van der Waals surface area (Å²) in [6, 6.07) is 44.3. The van der Waals surface area contributed by atoms with Crippen molar-refractivity contribution >= 4 is 45.8 Å². The molecule has 0 radical (unpaired) electrons. The van der Waals surface area contributed by atoms with Crippen molar-refractivity contribution in [3.8, 4) is 11.5 Å². The Morgan fingerprint density at radius 3 is 0.896 bits per heavy atom. The number of hydrogen-bond donors (Lipinski definition) is 4.